The summed E-state index contributed by atoms with van der Waals surface area (Å²) in [6.07, 6.45) is 12.9. The van der Waals surface area contributed by atoms with Crippen LogP contribution in [0.4, 0.5) is 17.1 Å². The first-order valence-corrected chi connectivity index (χ1v) is 27.8. The smallest absolute Gasteiger partial charge is 0.132 e. The van der Waals surface area contributed by atoms with Crippen LogP contribution < -0.4 is 14.4 Å². The van der Waals surface area contributed by atoms with Gasteiger partial charge in [0, 0.05) is 39.0 Å². The highest BCUT2D eigenvalue weighted by molar-refractivity contribution is 6.00. The number of nitrogens with zero attached hydrogens (tertiary/aromatic N) is 1. The van der Waals surface area contributed by atoms with E-state index in [2.05, 4.69) is 217 Å². The van der Waals surface area contributed by atoms with Gasteiger partial charge in [0.05, 0.1) is 16.5 Å². The Morgan fingerprint density at radius 3 is 1.29 bits per heavy atom. The average Bonchev–Trinajstić information content (AvgIpc) is 4.16. The third kappa shape index (κ3) is 6.16. The summed E-state index contributed by atoms with van der Waals surface area (Å²) in [4.78, 5) is 2.52. The van der Waals surface area contributed by atoms with Gasteiger partial charge in [-0.3, -0.25) is 0 Å². The lowest BCUT2D eigenvalue weighted by Gasteiger charge is -2.41. The highest BCUT2D eigenvalue weighted by Crippen LogP contribution is 2.65. The fourth-order valence-corrected chi connectivity index (χ4v) is 15.3. The van der Waals surface area contributed by atoms with Crippen LogP contribution in [0.5, 0.6) is 23.0 Å². The van der Waals surface area contributed by atoms with Crippen LogP contribution in [0.25, 0.3) is 33.0 Å². The maximum atomic E-state index is 7.21. The number of hydrogen-bond acceptors (Lipinski definition) is 3. The normalized spacial score (nSPS) is 17.1. The van der Waals surface area contributed by atoms with E-state index in [1.54, 1.807) is 0 Å². The first kappa shape index (κ1) is 43.3. The SMILES string of the molecule is c1ccc2c(c1)Oc1ccc(N(c3ccc4c(c3)C3(c5ccccc5O4)c4cc(C5CCCCC5)ccc4-c4ccc(C5CCCCC5)cc43)c3cccc4ccccc34)cc1C21c2ccccc2-c2ccccc21. The van der Waals surface area contributed by atoms with Crippen molar-refractivity contribution in [2.24, 2.45) is 0 Å². The van der Waals surface area contributed by atoms with Crippen molar-refractivity contribution < 1.29 is 9.47 Å². The van der Waals surface area contributed by atoms with Crippen LogP contribution in [0.3, 0.4) is 0 Å². The zero-order valence-corrected chi connectivity index (χ0v) is 42.2. The summed E-state index contributed by atoms with van der Waals surface area (Å²) in [7, 11) is 0. The molecule has 2 aliphatic heterocycles. The van der Waals surface area contributed by atoms with Crippen molar-refractivity contribution in [3.63, 3.8) is 0 Å². The highest BCUT2D eigenvalue weighted by Gasteiger charge is 2.53. The average molecular weight is 968 g/mol. The zero-order chi connectivity index (χ0) is 49.2. The number of anilines is 3. The third-order valence-corrected chi connectivity index (χ3v) is 18.6. The summed E-state index contributed by atoms with van der Waals surface area (Å²) in [5, 5.41) is 2.38. The molecule has 16 rings (SSSR count). The molecule has 3 heteroatoms. The van der Waals surface area contributed by atoms with E-state index in [0.717, 1.165) is 51.2 Å². The lowest BCUT2D eigenvalue weighted by Crippen LogP contribution is -2.33. The van der Waals surface area contributed by atoms with Crippen molar-refractivity contribution in [2.75, 3.05) is 4.90 Å². The standard InChI is InChI=1S/C72H57NO2/c1-3-18-46(19-4-1)49-34-38-56-57-39-35-50(47-20-5-2-6-21-47)43-63(57)72(62(56)42-49)61-30-14-16-33-68(61)75-70-41-37-52(45-65(70)72)73(66-31-17-23-48-22-7-8-24-53(48)66)51-36-40-69-64(44-51)71(60-29-13-15-32-67(60)74-69)58-27-11-9-25-54(58)55-26-10-12-28-59(55)71/h7-17,22-47H,1-6,18-21H2. The monoisotopic (exact) mass is 967 g/mol. The minimum Gasteiger partial charge on any atom is -0.457 e. The molecule has 4 aliphatic carbocycles. The van der Waals surface area contributed by atoms with Crippen molar-refractivity contribution in [1.29, 1.82) is 0 Å². The van der Waals surface area contributed by atoms with Gasteiger partial charge in [-0.2, -0.15) is 0 Å². The molecule has 0 atom stereocenters. The Labute approximate surface area is 440 Å². The molecule has 10 aromatic rings. The summed E-state index contributed by atoms with van der Waals surface area (Å²) in [6.45, 7) is 0. The maximum absolute atomic E-state index is 7.21. The first-order chi connectivity index (χ1) is 37.2. The molecule has 0 unspecified atom stereocenters. The van der Waals surface area contributed by atoms with Crippen molar-refractivity contribution in [1.82, 2.24) is 0 Å². The van der Waals surface area contributed by atoms with Crippen LogP contribution in [0.1, 0.15) is 132 Å². The van der Waals surface area contributed by atoms with Crippen LogP contribution in [-0.4, -0.2) is 0 Å². The molecule has 10 aromatic carbocycles. The van der Waals surface area contributed by atoms with Gasteiger partial charge in [0.1, 0.15) is 23.0 Å². The topological polar surface area (TPSA) is 21.7 Å². The van der Waals surface area contributed by atoms with Gasteiger partial charge in [0.15, 0.2) is 0 Å². The molecule has 3 nitrogen and oxygen atoms in total. The fraction of sp³-hybridized carbons (Fsp3) is 0.194. The Kier molecular flexibility index (Phi) is 9.63. The molecule has 2 fully saturated rings. The molecule has 6 aliphatic rings. The van der Waals surface area contributed by atoms with Gasteiger partial charge in [-0.15, -0.1) is 0 Å². The third-order valence-electron chi connectivity index (χ3n) is 18.6. The summed E-state index contributed by atoms with van der Waals surface area (Å²) in [5.41, 5.74) is 20.2. The summed E-state index contributed by atoms with van der Waals surface area (Å²) in [6, 6.07) is 80.5. The lowest BCUT2D eigenvalue weighted by atomic mass is 9.65. The van der Waals surface area contributed by atoms with E-state index in [1.807, 2.05) is 0 Å². The Bertz CT molecular complexity index is 3840. The number of fused-ring (bicyclic) bond motifs is 19. The van der Waals surface area contributed by atoms with E-state index in [4.69, 9.17) is 9.47 Å². The predicted octanol–water partition coefficient (Wildman–Crippen LogP) is 19.3. The second-order valence-corrected chi connectivity index (χ2v) is 22.3. The molecule has 362 valence electrons. The number of ether oxygens (including phenoxy) is 2. The van der Waals surface area contributed by atoms with Crippen LogP contribution in [-0.2, 0) is 10.8 Å². The molecular formula is C72H57NO2. The molecule has 2 saturated carbocycles. The summed E-state index contributed by atoms with van der Waals surface area (Å²) in [5.74, 6) is 4.74. The van der Waals surface area contributed by atoms with Crippen molar-refractivity contribution in [3.8, 4) is 45.3 Å². The molecule has 0 bridgehead atoms. The van der Waals surface area contributed by atoms with Crippen LogP contribution >= 0.6 is 0 Å². The van der Waals surface area contributed by atoms with Crippen molar-refractivity contribution in [3.05, 3.63) is 268 Å². The molecule has 0 amide bonds. The van der Waals surface area contributed by atoms with Gasteiger partial charge in [0.2, 0.25) is 0 Å². The van der Waals surface area contributed by atoms with E-state index in [9.17, 15) is 0 Å². The highest BCUT2D eigenvalue weighted by atomic mass is 16.5. The molecule has 0 aromatic heterocycles. The zero-order valence-electron chi connectivity index (χ0n) is 42.2. The van der Waals surface area contributed by atoms with E-state index in [-0.39, 0.29) is 0 Å². The van der Waals surface area contributed by atoms with E-state index in [0.29, 0.717) is 11.8 Å². The first-order valence-electron chi connectivity index (χ1n) is 27.8. The van der Waals surface area contributed by atoms with Crippen LogP contribution in [0.15, 0.2) is 212 Å². The molecule has 0 saturated heterocycles. The maximum Gasteiger partial charge on any atom is 0.132 e. The van der Waals surface area contributed by atoms with Crippen LogP contribution in [0, 0.1) is 0 Å². The molecular weight excluding hydrogens is 911 g/mol. The molecule has 2 spiro atoms. The Hall–Kier alpha value is -8.14. The Balaban J connectivity index is 0.971. The van der Waals surface area contributed by atoms with Gasteiger partial charge >= 0.3 is 0 Å². The molecule has 2 heterocycles. The lowest BCUT2D eigenvalue weighted by molar-refractivity contribution is 0.433. The van der Waals surface area contributed by atoms with Gasteiger partial charge in [0.25, 0.3) is 0 Å². The molecule has 75 heavy (non-hydrogen) atoms. The minimum atomic E-state index is -0.626. The van der Waals surface area contributed by atoms with E-state index < -0.39 is 10.8 Å². The molecule has 0 radical (unpaired) electrons. The fourth-order valence-electron chi connectivity index (χ4n) is 15.3. The van der Waals surface area contributed by atoms with Gasteiger partial charge in [-0.25, -0.2) is 0 Å². The minimum absolute atomic E-state index is 0.562. The van der Waals surface area contributed by atoms with Gasteiger partial charge in [-0.05, 0) is 153 Å². The number of benzene rings is 10. The summed E-state index contributed by atoms with van der Waals surface area (Å²) >= 11 is 0. The second kappa shape index (κ2) is 16.7. The van der Waals surface area contributed by atoms with E-state index >= 15 is 0 Å². The number of hydrogen-bond donors (Lipinski definition) is 0. The van der Waals surface area contributed by atoms with Crippen LogP contribution in [0.2, 0.25) is 0 Å². The van der Waals surface area contributed by atoms with Gasteiger partial charge < -0.3 is 14.4 Å². The predicted molar refractivity (Wildman–Crippen MR) is 305 cm³/mol. The number of para-hydroxylation sites is 2. The van der Waals surface area contributed by atoms with E-state index in [1.165, 1.54) is 142 Å². The summed E-state index contributed by atoms with van der Waals surface area (Å²) < 4.78 is 14.2. The Morgan fingerprint density at radius 2 is 0.747 bits per heavy atom. The Morgan fingerprint density at radius 1 is 0.320 bits per heavy atom. The number of rotatable bonds is 5. The second-order valence-electron chi connectivity index (χ2n) is 22.3. The van der Waals surface area contributed by atoms with Gasteiger partial charge in [-0.1, -0.05) is 196 Å². The largest absolute Gasteiger partial charge is 0.457 e. The quantitative estimate of drug-likeness (QED) is 0.172. The van der Waals surface area contributed by atoms with Crippen molar-refractivity contribution in [2.45, 2.75) is 86.9 Å². The van der Waals surface area contributed by atoms with Crippen molar-refractivity contribution >= 4 is 27.8 Å². The molecule has 0 N–H and O–H groups in total.